The third kappa shape index (κ3) is 39.1. The summed E-state index contributed by atoms with van der Waals surface area (Å²) in [7, 11) is 0. The molecule has 0 spiro atoms. The summed E-state index contributed by atoms with van der Waals surface area (Å²) >= 11 is 0. The largest absolute Gasteiger partial charge is 0.394 e. The van der Waals surface area contributed by atoms with E-state index < -0.39 is 124 Å². The van der Waals surface area contributed by atoms with Gasteiger partial charge in [0.1, 0.15) is 73.2 Å². The molecule has 3 heterocycles. The Morgan fingerprint density at radius 3 is 1.11 bits per heavy atom. The van der Waals surface area contributed by atoms with Gasteiger partial charge in [0.15, 0.2) is 18.9 Å². The van der Waals surface area contributed by atoms with Gasteiger partial charge in [0.05, 0.1) is 38.6 Å². The number of hydrogen-bond acceptors (Lipinski definition) is 18. The Bertz CT molecular complexity index is 2130. The molecular formula is C78H135NO18. The maximum absolute atomic E-state index is 13.5. The second kappa shape index (κ2) is 58.2. The standard InChI is InChI=1S/C78H135NO18/c1-3-5-7-9-11-13-15-17-19-21-23-24-25-26-27-28-29-30-31-32-33-34-35-36-38-40-42-44-46-48-50-52-54-56-66(84)79-61(62(83)55-53-51-49-47-45-43-41-39-37-22-20-18-16-14-12-10-8-6-4-2)60-92-76-72(90)69(87)74(64(58-81)94-76)97-78-73(91)70(88)75(65(59-82)95-78)96-77-71(89)68(86)67(85)63(57-80)93-77/h5,7,11,13,17,19,23-24,26-27,29-30,32-33,35-36,61-65,67-78,80-83,85-91H,3-4,6,8-10,12,14-16,18,20-22,25,28,31,34,37-60H2,1-2H3,(H,79,84)/b7-5-,13-11-,19-17-,24-23-,27-26-,30-29-,33-32-,36-35-. The number of nitrogens with one attached hydrogen (secondary N) is 1. The first-order valence-electron chi connectivity index (χ1n) is 38.0. The van der Waals surface area contributed by atoms with Crippen molar-refractivity contribution in [2.75, 3.05) is 26.4 Å². The van der Waals surface area contributed by atoms with E-state index in [4.69, 9.17) is 28.4 Å². The zero-order valence-corrected chi connectivity index (χ0v) is 59.5. The summed E-state index contributed by atoms with van der Waals surface area (Å²) < 4.78 is 34.5. The van der Waals surface area contributed by atoms with Crippen molar-refractivity contribution in [3.8, 4) is 0 Å². The van der Waals surface area contributed by atoms with Crippen LogP contribution < -0.4 is 5.32 Å². The number of amides is 1. The Morgan fingerprint density at radius 1 is 0.381 bits per heavy atom. The number of hydrogen-bond donors (Lipinski definition) is 12. The van der Waals surface area contributed by atoms with Crippen LogP contribution in [0.4, 0.5) is 0 Å². The Morgan fingerprint density at radius 2 is 0.711 bits per heavy atom. The highest BCUT2D eigenvalue weighted by Gasteiger charge is 2.53. The molecule has 97 heavy (non-hydrogen) atoms. The number of unbranched alkanes of at least 4 members (excludes halogenated alkanes) is 26. The summed E-state index contributed by atoms with van der Waals surface area (Å²) in [6.45, 7) is 1.69. The van der Waals surface area contributed by atoms with E-state index in [2.05, 4.69) is 116 Å². The lowest BCUT2D eigenvalue weighted by molar-refractivity contribution is -0.379. The summed E-state index contributed by atoms with van der Waals surface area (Å²) in [5.74, 6) is -0.253. The minimum Gasteiger partial charge on any atom is -0.394 e. The fourth-order valence-corrected chi connectivity index (χ4v) is 12.3. The van der Waals surface area contributed by atoms with Crippen molar-refractivity contribution < 1.29 is 89.4 Å². The molecule has 0 aromatic heterocycles. The van der Waals surface area contributed by atoms with Crippen molar-refractivity contribution in [3.63, 3.8) is 0 Å². The van der Waals surface area contributed by atoms with Crippen LogP contribution in [0.3, 0.4) is 0 Å². The van der Waals surface area contributed by atoms with Crippen LogP contribution in [0.5, 0.6) is 0 Å². The predicted molar refractivity (Wildman–Crippen MR) is 383 cm³/mol. The molecule has 3 saturated heterocycles. The zero-order valence-electron chi connectivity index (χ0n) is 59.5. The minimum absolute atomic E-state index is 0.251. The number of ether oxygens (including phenoxy) is 6. The number of aliphatic hydroxyl groups excluding tert-OH is 11. The van der Waals surface area contributed by atoms with Gasteiger partial charge in [0.25, 0.3) is 0 Å². The molecule has 0 bridgehead atoms. The third-order valence-corrected chi connectivity index (χ3v) is 18.4. The number of rotatable bonds is 58. The smallest absolute Gasteiger partial charge is 0.220 e. The van der Waals surface area contributed by atoms with E-state index in [-0.39, 0.29) is 18.9 Å². The van der Waals surface area contributed by atoms with Gasteiger partial charge >= 0.3 is 0 Å². The van der Waals surface area contributed by atoms with E-state index in [9.17, 15) is 61.0 Å². The monoisotopic (exact) mass is 1370 g/mol. The van der Waals surface area contributed by atoms with Gasteiger partial charge in [-0.3, -0.25) is 4.79 Å². The van der Waals surface area contributed by atoms with Crippen LogP contribution in [-0.4, -0.2) is 193 Å². The van der Waals surface area contributed by atoms with Gasteiger partial charge < -0.3 is 89.9 Å². The Labute approximate surface area is 583 Å². The molecule has 17 atom stereocenters. The Hall–Kier alpha value is -3.29. The summed E-state index contributed by atoms with van der Waals surface area (Å²) in [6.07, 6.45) is 50.5. The van der Waals surface area contributed by atoms with Crippen molar-refractivity contribution in [2.24, 2.45) is 0 Å². The van der Waals surface area contributed by atoms with Gasteiger partial charge in [0, 0.05) is 6.42 Å². The van der Waals surface area contributed by atoms with Crippen molar-refractivity contribution in [1.82, 2.24) is 5.32 Å². The van der Waals surface area contributed by atoms with Gasteiger partial charge in [-0.25, -0.2) is 0 Å². The molecule has 0 aromatic carbocycles. The Kier molecular flexibility index (Phi) is 52.8. The number of aliphatic hydroxyl groups is 11. The van der Waals surface area contributed by atoms with Crippen molar-refractivity contribution in [1.29, 1.82) is 0 Å². The fraction of sp³-hybridized carbons (Fsp3) is 0.782. The van der Waals surface area contributed by atoms with Gasteiger partial charge in [-0.15, -0.1) is 0 Å². The van der Waals surface area contributed by atoms with E-state index >= 15 is 0 Å². The second-order valence-corrected chi connectivity index (χ2v) is 26.7. The van der Waals surface area contributed by atoms with Crippen molar-refractivity contribution in [2.45, 2.75) is 362 Å². The number of allylic oxidation sites excluding steroid dienone is 16. The van der Waals surface area contributed by atoms with Crippen LogP contribution in [-0.2, 0) is 33.2 Å². The van der Waals surface area contributed by atoms with Gasteiger partial charge in [-0.05, 0) is 77.0 Å². The Balaban J connectivity index is 1.39. The lowest BCUT2D eigenvalue weighted by atomic mass is 9.96. The van der Waals surface area contributed by atoms with Crippen LogP contribution in [0.15, 0.2) is 97.2 Å². The molecule has 12 N–H and O–H groups in total. The summed E-state index contributed by atoms with van der Waals surface area (Å²) in [4.78, 5) is 13.5. The molecule has 3 aliphatic heterocycles. The molecule has 3 rings (SSSR count). The lowest BCUT2D eigenvalue weighted by Gasteiger charge is -2.48. The average molecular weight is 1370 g/mol. The SMILES string of the molecule is CC/C=C\C/C=C\C/C=C\C/C=C\C/C=C\C/C=C\C/C=C\C/C=C\CCCCCCCCCCC(=O)NC(COC1OC(CO)C(OC2OC(CO)C(OC3OC(CO)C(O)C(O)C3O)C(O)C2O)C(O)C1O)C(O)CCCCCCCCCCCCCCCCCCCCC. The normalized spacial score (nSPS) is 27.5. The molecule has 19 heteroatoms. The van der Waals surface area contributed by atoms with Gasteiger partial charge in [0.2, 0.25) is 5.91 Å². The van der Waals surface area contributed by atoms with E-state index in [0.717, 1.165) is 116 Å². The first-order valence-corrected chi connectivity index (χ1v) is 38.0. The molecule has 560 valence electrons. The molecule has 0 radical (unpaired) electrons. The van der Waals surface area contributed by atoms with Crippen LogP contribution >= 0.6 is 0 Å². The molecule has 0 aromatic rings. The highest BCUT2D eigenvalue weighted by atomic mass is 16.8. The molecule has 3 aliphatic rings. The highest BCUT2D eigenvalue weighted by molar-refractivity contribution is 5.76. The van der Waals surface area contributed by atoms with E-state index in [0.29, 0.717) is 12.8 Å². The molecular weight excluding hydrogens is 1240 g/mol. The summed E-state index contributed by atoms with van der Waals surface area (Å²) in [6, 6.07) is -0.899. The van der Waals surface area contributed by atoms with Crippen LogP contribution in [0.1, 0.15) is 258 Å². The molecule has 0 aliphatic carbocycles. The maximum atomic E-state index is 13.5. The summed E-state index contributed by atoms with van der Waals surface area (Å²) in [5.41, 5.74) is 0. The second-order valence-electron chi connectivity index (χ2n) is 26.7. The molecule has 19 nitrogen and oxygen atoms in total. The summed E-state index contributed by atoms with van der Waals surface area (Å²) in [5, 5.41) is 121. The molecule has 17 unspecified atom stereocenters. The van der Waals surface area contributed by atoms with E-state index in [1.54, 1.807) is 0 Å². The molecule has 0 saturated carbocycles. The average Bonchev–Trinajstić information content (AvgIpc) is 0.845. The lowest BCUT2D eigenvalue weighted by Crippen LogP contribution is -2.66. The first-order chi connectivity index (χ1) is 47.3. The molecule has 3 fully saturated rings. The van der Waals surface area contributed by atoms with E-state index in [1.165, 1.54) is 109 Å². The maximum Gasteiger partial charge on any atom is 0.220 e. The highest BCUT2D eigenvalue weighted by Crippen LogP contribution is 2.33. The van der Waals surface area contributed by atoms with E-state index in [1.807, 2.05) is 0 Å². The fourth-order valence-electron chi connectivity index (χ4n) is 12.3. The quantitative estimate of drug-likeness (QED) is 0.0199. The topological polar surface area (TPSA) is 307 Å². The molecule has 1 amide bonds. The van der Waals surface area contributed by atoms with Crippen LogP contribution in [0.2, 0.25) is 0 Å². The number of carbonyl (C=O) groups is 1. The zero-order chi connectivity index (χ0) is 70.4. The first kappa shape index (κ1) is 87.9. The minimum atomic E-state index is -1.98. The number of carbonyl (C=O) groups excluding carboxylic acids is 1. The van der Waals surface area contributed by atoms with Gasteiger partial charge in [-0.1, -0.05) is 272 Å². The predicted octanol–water partition coefficient (Wildman–Crippen LogP) is 11.6. The third-order valence-electron chi connectivity index (χ3n) is 18.4. The van der Waals surface area contributed by atoms with Gasteiger partial charge in [-0.2, -0.15) is 0 Å². The van der Waals surface area contributed by atoms with Crippen molar-refractivity contribution >= 4 is 5.91 Å². The van der Waals surface area contributed by atoms with Crippen LogP contribution in [0, 0.1) is 0 Å². The van der Waals surface area contributed by atoms with Crippen LogP contribution in [0.25, 0.3) is 0 Å². The van der Waals surface area contributed by atoms with Crippen molar-refractivity contribution in [3.05, 3.63) is 97.2 Å².